The van der Waals surface area contributed by atoms with Gasteiger partial charge in [0.25, 0.3) is 0 Å². The second kappa shape index (κ2) is 6.58. The van der Waals surface area contributed by atoms with Crippen LogP contribution in [0, 0.1) is 0 Å². The third kappa shape index (κ3) is 3.53. The van der Waals surface area contributed by atoms with E-state index < -0.39 is 6.10 Å². The van der Waals surface area contributed by atoms with Crippen LogP contribution in [0.3, 0.4) is 0 Å². The molecule has 3 heterocycles. The number of aromatic nitrogens is 5. The number of nitrogens with one attached hydrogen (secondary N) is 1. The first-order valence-electron chi connectivity index (χ1n) is 7.94. The molecule has 0 saturated carbocycles. The Morgan fingerprint density at radius 3 is 3.05 bits per heavy atom. The zero-order valence-electron chi connectivity index (χ0n) is 13.2. The van der Waals surface area contributed by atoms with E-state index in [1.807, 2.05) is 16.9 Å². The summed E-state index contributed by atoms with van der Waals surface area (Å²) >= 11 is 0. The van der Waals surface area contributed by atoms with E-state index in [2.05, 4.69) is 34.3 Å². The summed E-state index contributed by atoms with van der Waals surface area (Å²) in [6.07, 6.45) is 5.11. The van der Waals surface area contributed by atoms with Gasteiger partial charge < -0.3 is 10.4 Å². The van der Waals surface area contributed by atoms with Crippen molar-refractivity contribution in [1.29, 1.82) is 0 Å². The zero-order valence-corrected chi connectivity index (χ0v) is 13.2. The zero-order chi connectivity index (χ0) is 15.5. The monoisotopic (exact) mass is 304 g/mol. The topological polar surface area (TPSA) is 80.8 Å². The van der Waals surface area contributed by atoms with Crippen LogP contribution in [0.25, 0.3) is 0 Å². The van der Waals surface area contributed by atoms with Gasteiger partial charge in [-0.15, -0.1) is 0 Å². The molecule has 2 N–H and O–H groups in total. The molecule has 120 valence electrons. The van der Waals surface area contributed by atoms with Crippen molar-refractivity contribution < 1.29 is 5.11 Å². The van der Waals surface area contributed by atoms with Gasteiger partial charge in [-0.1, -0.05) is 13.8 Å². The molecule has 0 radical (unpaired) electrons. The molecule has 2 aromatic heterocycles. The van der Waals surface area contributed by atoms with E-state index in [9.17, 15) is 5.11 Å². The van der Waals surface area contributed by atoms with Crippen molar-refractivity contribution in [3.05, 3.63) is 30.1 Å². The van der Waals surface area contributed by atoms with Gasteiger partial charge in [0.05, 0.1) is 19.2 Å². The van der Waals surface area contributed by atoms with E-state index in [0.29, 0.717) is 25.0 Å². The van der Waals surface area contributed by atoms with E-state index in [1.54, 1.807) is 10.9 Å². The van der Waals surface area contributed by atoms with Crippen LogP contribution in [0.2, 0.25) is 0 Å². The van der Waals surface area contributed by atoms with Crippen molar-refractivity contribution in [2.75, 3.05) is 6.54 Å². The Hall–Kier alpha value is -1.73. The molecular weight excluding hydrogens is 280 g/mol. The summed E-state index contributed by atoms with van der Waals surface area (Å²) in [5.41, 5.74) is 0. The first-order valence-corrected chi connectivity index (χ1v) is 7.94. The van der Waals surface area contributed by atoms with Crippen molar-refractivity contribution in [2.24, 2.45) is 0 Å². The van der Waals surface area contributed by atoms with E-state index in [1.165, 1.54) is 0 Å². The molecule has 2 atom stereocenters. The van der Waals surface area contributed by atoms with Gasteiger partial charge in [0, 0.05) is 37.3 Å². The number of aryl methyl sites for hydroxylation is 1. The summed E-state index contributed by atoms with van der Waals surface area (Å²) in [5.74, 6) is 2.37. The summed E-state index contributed by atoms with van der Waals surface area (Å²) in [7, 11) is 0. The number of hydrogen-bond acceptors (Lipinski definition) is 5. The summed E-state index contributed by atoms with van der Waals surface area (Å²) in [6, 6.07) is 2.20. The summed E-state index contributed by atoms with van der Waals surface area (Å²) in [6.45, 7) is 6.12. The number of aliphatic hydroxyl groups is 1. The van der Waals surface area contributed by atoms with Gasteiger partial charge in [-0.25, -0.2) is 9.67 Å². The fourth-order valence-electron chi connectivity index (χ4n) is 2.73. The van der Waals surface area contributed by atoms with Crippen molar-refractivity contribution in [1.82, 2.24) is 29.9 Å². The van der Waals surface area contributed by atoms with Crippen LogP contribution in [0.15, 0.2) is 18.5 Å². The Bertz CT molecular complexity index is 591. The highest BCUT2D eigenvalue weighted by Crippen LogP contribution is 2.16. The lowest BCUT2D eigenvalue weighted by molar-refractivity contribution is 0.139. The lowest BCUT2D eigenvalue weighted by Gasteiger charge is -2.24. The highest BCUT2D eigenvalue weighted by atomic mass is 16.3. The number of rotatable bonds is 6. The minimum atomic E-state index is -0.441. The van der Waals surface area contributed by atoms with Crippen LogP contribution in [0.5, 0.6) is 0 Å². The molecule has 0 aromatic carbocycles. The molecule has 0 aliphatic carbocycles. The van der Waals surface area contributed by atoms with E-state index in [0.717, 1.165) is 31.0 Å². The van der Waals surface area contributed by atoms with E-state index >= 15 is 0 Å². The molecule has 0 unspecified atom stereocenters. The van der Waals surface area contributed by atoms with Crippen LogP contribution in [0.1, 0.15) is 37.8 Å². The summed E-state index contributed by atoms with van der Waals surface area (Å²) in [5, 5.41) is 22.2. The van der Waals surface area contributed by atoms with Gasteiger partial charge in [0.2, 0.25) is 0 Å². The molecule has 0 saturated heterocycles. The lowest BCUT2D eigenvalue weighted by Crippen LogP contribution is -2.42. The quantitative estimate of drug-likeness (QED) is 0.815. The number of hydrogen-bond donors (Lipinski definition) is 2. The van der Waals surface area contributed by atoms with Crippen LogP contribution in [-0.2, 0) is 19.5 Å². The van der Waals surface area contributed by atoms with Crippen LogP contribution < -0.4 is 5.32 Å². The average Bonchev–Trinajstić information content (AvgIpc) is 3.13. The predicted octanol–water partition coefficient (Wildman–Crippen LogP) is 0.563. The second-order valence-electron chi connectivity index (χ2n) is 6.25. The van der Waals surface area contributed by atoms with Crippen LogP contribution in [0.4, 0.5) is 0 Å². The maximum Gasteiger partial charge on any atom is 0.153 e. The summed E-state index contributed by atoms with van der Waals surface area (Å²) < 4.78 is 3.76. The van der Waals surface area contributed by atoms with Crippen molar-refractivity contribution in [3.63, 3.8) is 0 Å². The number of nitrogens with zero attached hydrogens (tertiary/aromatic N) is 5. The normalized spacial score (nSPS) is 19.4. The van der Waals surface area contributed by atoms with Gasteiger partial charge in [-0.3, -0.25) is 4.68 Å². The smallest absolute Gasteiger partial charge is 0.153 e. The van der Waals surface area contributed by atoms with Crippen LogP contribution in [-0.4, -0.2) is 48.3 Å². The third-order valence-electron chi connectivity index (χ3n) is 3.99. The molecule has 2 aromatic rings. The Labute approximate surface area is 130 Å². The van der Waals surface area contributed by atoms with Gasteiger partial charge in [-0.05, 0) is 12.5 Å². The molecular formula is C15H24N6O. The maximum atomic E-state index is 10.1. The first kappa shape index (κ1) is 15.2. The predicted molar refractivity (Wildman–Crippen MR) is 82.5 cm³/mol. The second-order valence-corrected chi connectivity index (χ2v) is 6.25. The molecule has 1 aliphatic rings. The molecule has 22 heavy (non-hydrogen) atoms. The van der Waals surface area contributed by atoms with Crippen molar-refractivity contribution in [2.45, 2.75) is 57.8 Å². The third-order valence-corrected chi connectivity index (χ3v) is 3.99. The minimum Gasteiger partial charge on any atom is -0.390 e. The highest BCUT2D eigenvalue weighted by molar-refractivity contribution is 5.01. The molecule has 7 nitrogen and oxygen atoms in total. The van der Waals surface area contributed by atoms with Gasteiger partial charge in [0.15, 0.2) is 5.82 Å². The maximum absolute atomic E-state index is 10.1. The molecule has 0 spiro atoms. The molecule has 0 fully saturated rings. The fourth-order valence-corrected chi connectivity index (χ4v) is 2.73. The standard InChI is InChI=1S/C15H24N6O/c1-11(2)15-18-14-5-4-12(9-21(14)19-15)16-8-13(22)10-20-7-3-6-17-20/h3,6-7,11-13,16,22H,4-5,8-10H2,1-2H3/t12-,13+/m0/s1. The Balaban J connectivity index is 1.50. The summed E-state index contributed by atoms with van der Waals surface area (Å²) in [4.78, 5) is 4.59. The molecule has 0 bridgehead atoms. The van der Waals surface area contributed by atoms with Crippen LogP contribution >= 0.6 is 0 Å². The van der Waals surface area contributed by atoms with E-state index in [-0.39, 0.29) is 0 Å². The fraction of sp³-hybridized carbons (Fsp3) is 0.667. The molecule has 7 heteroatoms. The lowest BCUT2D eigenvalue weighted by atomic mass is 10.1. The average molecular weight is 304 g/mol. The highest BCUT2D eigenvalue weighted by Gasteiger charge is 2.22. The largest absolute Gasteiger partial charge is 0.390 e. The van der Waals surface area contributed by atoms with Gasteiger partial charge >= 0.3 is 0 Å². The number of fused-ring (bicyclic) bond motifs is 1. The van der Waals surface area contributed by atoms with Crippen molar-refractivity contribution in [3.8, 4) is 0 Å². The molecule has 0 amide bonds. The SMILES string of the molecule is CC(C)c1nc2n(n1)C[C@@H](NC[C@@H](O)Cn1cccn1)CC2. The number of aliphatic hydroxyl groups excluding tert-OH is 1. The van der Waals surface area contributed by atoms with Gasteiger partial charge in [0.1, 0.15) is 5.82 Å². The van der Waals surface area contributed by atoms with Gasteiger partial charge in [-0.2, -0.15) is 10.2 Å². The molecule has 3 rings (SSSR count). The Kier molecular flexibility index (Phi) is 4.54. The Morgan fingerprint density at radius 1 is 1.45 bits per heavy atom. The van der Waals surface area contributed by atoms with Crippen molar-refractivity contribution >= 4 is 0 Å². The molecule has 1 aliphatic heterocycles. The Morgan fingerprint density at radius 2 is 2.32 bits per heavy atom. The first-order chi connectivity index (χ1) is 10.6. The van der Waals surface area contributed by atoms with E-state index in [4.69, 9.17) is 0 Å². The minimum absolute atomic E-state index is 0.335.